The Morgan fingerprint density at radius 3 is 2.48 bits per heavy atom. The number of carbonyl (C=O) groups is 1. The van der Waals surface area contributed by atoms with Gasteiger partial charge in [0.2, 0.25) is 0 Å². The molecule has 1 saturated carbocycles. The van der Waals surface area contributed by atoms with Gasteiger partial charge in [0.15, 0.2) is 0 Å². The first-order chi connectivity index (χ1) is 11.2. The van der Waals surface area contributed by atoms with Crippen LogP contribution in [0.5, 0.6) is 0 Å². The van der Waals surface area contributed by atoms with Crippen LogP contribution in [0.25, 0.3) is 0 Å². The highest BCUT2D eigenvalue weighted by Crippen LogP contribution is 2.20. The van der Waals surface area contributed by atoms with Gasteiger partial charge >= 0.3 is 0 Å². The van der Waals surface area contributed by atoms with Crippen LogP contribution in [0.4, 0.5) is 11.5 Å². The summed E-state index contributed by atoms with van der Waals surface area (Å²) >= 11 is 0. The zero-order chi connectivity index (χ0) is 16.1. The van der Waals surface area contributed by atoms with E-state index in [1.807, 2.05) is 30.3 Å². The molecule has 0 atom stereocenters. The predicted octanol–water partition coefficient (Wildman–Crippen LogP) is 3.50. The quantitative estimate of drug-likeness (QED) is 0.939. The van der Waals surface area contributed by atoms with Gasteiger partial charge in [-0.05, 0) is 25.0 Å². The van der Waals surface area contributed by atoms with Crippen LogP contribution in [0.2, 0.25) is 0 Å². The fourth-order valence-corrected chi connectivity index (χ4v) is 2.91. The highest BCUT2D eigenvalue weighted by Gasteiger charge is 2.17. The molecule has 1 aliphatic rings. The van der Waals surface area contributed by atoms with Crippen LogP contribution in [0.15, 0.2) is 42.7 Å². The van der Waals surface area contributed by atoms with E-state index in [2.05, 4.69) is 15.3 Å². The second-order valence-electron chi connectivity index (χ2n) is 5.97. The molecule has 0 unspecified atom stereocenters. The minimum Gasteiger partial charge on any atom is -0.366 e. The number of hydrogen-bond acceptors (Lipinski definition) is 4. The van der Waals surface area contributed by atoms with Gasteiger partial charge in [0.1, 0.15) is 11.5 Å². The standard InChI is InChI=1S/C18H22N4O/c1-22(15-10-6-3-7-11-15)18(23)16-12-20-17(13-19-16)21-14-8-4-2-5-9-14/h3,6-7,10-14H,2,4-5,8-9H2,1H3,(H,20,21). The number of benzene rings is 1. The molecule has 0 bridgehead atoms. The first kappa shape index (κ1) is 15.5. The van der Waals surface area contributed by atoms with Crippen LogP contribution in [0, 0.1) is 0 Å². The predicted molar refractivity (Wildman–Crippen MR) is 91.7 cm³/mol. The summed E-state index contributed by atoms with van der Waals surface area (Å²) in [5, 5.41) is 3.41. The van der Waals surface area contributed by atoms with Gasteiger partial charge in [-0.1, -0.05) is 37.5 Å². The summed E-state index contributed by atoms with van der Waals surface area (Å²) in [6.07, 6.45) is 9.42. The number of nitrogens with one attached hydrogen (secondary N) is 1. The van der Waals surface area contributed by atoms with E-state index >= 15 is 0 Å². The van der Waals surface area contributed by atoms with Crippen molar-refractivity contribution in [2.45, 2.75) is 38.1 Å². The highest BCUT2D eigenvalue weighted by atomic mass is 16.2. The zero-order valence-electron chi connectivity index (χ0n) is 13.4. The number of hydrogen-bond donors (Lipinski definition) is 1. The van der Waals surface area contributed by atoms with E-state index in [9.17, 15) is 4.79 Å². The average molecular weight is 310 g/mol. The first-order valence-electron chi connectivity index (χ1n) is 8.16. The summed E-state index contributed by atoms with van der Waals surface area (Å²) in [7, 11) is 1.74. The number of para-hydroxylation sites is 1. The number of aromatic nitrogens is 2. The van der Waals surface area contributed by atoms with Crippen LogP contribution in [0.1, 0.15) is 42.6 Å². The molecule has 3 rings (SSSR count). The number of amides is 1. The Bertz CT molecular complexity index is 636. The topological polar surface area (TPSA) is 58.1 Å². The van der Waals surface area contributed by atoms with Crippen molar-refractivity contribution in [1.29, 1.82) is 0 Å². The zero-order valence-corrected chi connectivity index (χ0v) is 13.4. The monoisotopic (exact) mass is 310 g/mol. The molecule has 5 nitrogen and oxygen atoms in total. The van der Waals surface area contributed by atoms with Crippen molar-refractivity contribution in [2.24, 2.45) is 0 Å². The molecule has 1 aromatic heterocycles. The molecule has 1 fully saturated rings. The Balaban J connectivity index is 1.65. The summed E-state index contributed by atoms with van der Waals surface area (Å²) in [5.41, 5.74) is 1.19. The third kappa shape index (κ3) is 3.86. The van der Waals surface area contributed by atoms with Crippen molar-refractivity contribution in [3.63, 3.8) is 0 Å². The van der Waals surface area contributed by atoms with Crippen molar-refractivity contribution >= 4 is 17.4 Å². The number of anilines is 2. The molecule has 1 amide bonds. The van der Waals surface area contributed by atoms with Crippen LogP contribution in [-0.4, -0.2) is 29.0 Å². The third-order valence-corrected chi connectivity index (χ3v) is 4.28. The van der Waals surface area contributed by atoms with E-state index in [-0.39, 0.29) is 5.91 Å². The number of carbonyl (C=O) groups excluding carboxylic acids is 1. The van der Waals surface area contributed by atoms with Crippen molar-refractivity contribution in [1.82, 2.24) is 9.97 Å². The van der Waals surface area contributed by atoms with E-state index in [4.69, 9.17) is 0 Å². The maximum Gasteiger partial charge on any atom is 0.278 e. The fourth-order valence-electron chi connectivity index (χ4n) is 2.91. The van der Waals surface area contributed by atoms with Gasteiger partial charge in [-0.2, -0.15) is 0 Å². The number of rotatable bonds is 4. The first-order valence-corrected chi connectivity index (χ1v) is 8.16. The number of nitrogens with zero attached hydrogens (tertiary/aromatic N) is 3. The van der Waals surface area contributed by atoms with E-state index < -0.39 is 0 Å². The molecular weight excluding hydrogens is 288 g/mol. The van der Waals surface area contributed by atoms with Crippen molar-refractivity contribution < 1.29 is 4.79 Å². The highest BCUT2D eigenvalue weighted by molar-refractivity contribution is 6.04. The summed E-state index contributed by atoms with van der Waals surface area (Å²) < 4.78 is 0. The third-order valence-electron chi connectivity index (χ3n) is 4.28. The van der Waals surface area contributed by atoms with E-state index in [0.29, 0.717) is 11.7 Å². The molecule has 23 heavy (non-hydrogen) atoms. The van der Waals surface area contributed by atoms with Gasteiger partial charge in [0.25, 0.3) is 5.91 Å². The SMILES string of the molecule is CN(C(=O)c1cnc(NC2CCCCC2)cn1)c1ccccc1. The Morgan fingerprint density at radius 2 is 1.83 bits per heavy atom. The molecule has 0 spiro atoms. The second kappa shape index (κ2) is 7.22. The van der Waals surface area contributed by atoms with Crippen molar-refractivity contribution in [3.8, 4) is 0 Å². The van der Waals surface area contributed by atoms with E-state index in [1.54, 1.807) is 24.3 Å². The van der Waals surface area contributed by atoms with Crippen LogP contribution in [-0.2, 0) is 0 Å². The van der Waals surface area contributed by atoms with Crippen LogP contribution in [0.3, 0.4) is 0 Å². The molecule has 1 aliphatic carbocycles. The van der Waals surface area contributed by atoms with Crippen molar-refractivity contribution in [3.05, 3.63) is 48.4 Å². The molecule has 5 heteroatoms. The largest absolute Gasteiger partial charge is 0.366 e. The lowest BCUT2D eigenvalue weighted by atomic mass is 9.96. The van der Waals surface area contributed by atoms with Gasteiger partial charge in [0.05, 0.1) is 12.4 Å². The fraction of sp³-hybridized carbons (Fsp3) is 0.389. The average Bonchev–Trinajstić information content (AvgIpc) is 2.63. The lowest BCUT2D eigenvalue weighted by molar-refractivity contribution is 0.0988. The lowest BCUT2D eigenvalue weighted by Gasteiger charge is -2.23. The van der Waals surface area contributed by atoms with Gasteiger partial charge in [-0.15, -0.1) is 0 Å². The second-order valence-corrected chi connectivity index (χ2v) is 5.97. The van der Waals surface area contributed by atoms with Gasteiger partial charge in [0, 0.05) is 18.8 Å². The van der Waals surface area contributed by atoms with E-state index in [0.717, 1.165) is 11.5 Å². The minimum absolute atomic E-state index is 0.159. The minimum atomic E-state index is -0.159. The Kier molecular flexibility index (Phi) is 4.86. The van der Waals surface area contributed by atoms with Crippen molar-refractivity contribution in [2.75, 3.05) is 17.3 Å². The molecule has 0 saturated heterocycles. The smallest absolute Gasteiger partial charge is 0.278 e. The Hall–Kier alpha value is -2.43. The molecule has 0 aliphatic heterocycles. The normalized spacial score (nSPS) is 15.2. The summed E-state index contributed by atoms with van der Waals surface area (Å²) in [5.74, 6) is 0.587. The maximum absolute atomic E-state index is 12.4. The summed E-state index contributed by atoms with van der Waals surface area (Å²) in [6, 6.07) is 10.00. The Morgan fingerprint density at radius 1 is 1.09 bits per heavy atom. The molecular formula is C18H22N4O. The van der Waals surface area contributed by atoms with Gasteiger partial charge in [-0.25, -0.2) is 9.97 Å². The van der Waals surface area contributed by atoms with Crippen LogP contribution >= 0.6 is 0 Å². The molecule has 2 aromatic rings. The molecule has 0 radical (unpaired) electrons. The maximum atomic E-state index is 12.4. The summed E-state index contributed by atoms with van der Waals surface area (Å²) in [6.45, 7) is 0. The molecule has 1 aromatic carbocycles. The van der Waals surface area contributed by atoms with Crippen LogP contribution < -0.4 is 10.2 Å². The van der Waals surface area contributed by atoms with Gasteiger partial charge < -0.3 is 10.2 Å². The molecule has 120 valence electrons. The molecule has 1 N–H and O–H groups in total. The molecule has 1 heterocycles. The lowest BCUT2D eigenvalue weighted by Crippen LogP contribution is -2.27. The van der Waals surface area contributed by atoms with E-state index in [1.165, 1.54) is 32.1 Å². The summed E-state index contributed by atoms with van der Waals surface area (Å²) in [4.78, 5) is 22.7. The van der Waals surface area contributed by atoms with Gasteiger partial charge in [-0.3, -0.25) is 4.79 Å². The Labute approximate surface area is 136 Å².